The Morgan fingerprint density at radius 1 is 0.244 bits per heavy atom. The minimum Gasteiger partial charge on any atom is -0.458 e. The lowest BCUT2D eigenvalue weighted by Crippen LogP contribution is -2.69. The summed E-state index contributed by atoms with van der Waals surface area (Å²) >= 11 is 0. The van der Waals surface area contributed by atoms with Crippen molar-refractivity contribution in [2.24, 2.45) is 0 Å². The number of aryl methyl sites for hydroxylation is 6. The number of nitrogens with zero attached hydrogens (tertiary/aromatic N) is 4. The van der Waals surface area contributed by atoms with Crippen molar-refractivity contribution < 1.29 is 9.47 Å². The number of hydrogen-bond acceptors (Lipinski definition) is 6. The minimum atomic E-state index is -0.128. The summed E-state index contributed by atoms with van der Waals surface area (Å²) in [5.74, 6) is 3.42. The summed E-state index contributed by atoms with van der Waals surface area (Å²) in [6.45, 7) is 13.2. The van der Waals surface area contributed by atoms with Gasteiger partial charge in [-0.15, -0.1) is 0 Å². The number of para-hydroxylation sites is 6. The molecule has 0 aliphatic carbocycles. The SMILES string of the molecule is Cc1cc(C)c(N2c3ccccc3B3c4ccccc4N4c5ccccc5B5c6cc7c(cc6Oc6cc2c3c4c65)Oc2cc3c4c5c2B7c2ccccc2N5c2ccccc2B4c2ccccc2N3c2c(C)cc(C)cc2C)c(C)c1. The second-order valence-corrected chi connectivity index (χ2v) is 24.2. The van der Waals surface area contributed by atoms with Crippen LogP contribution in [0.2, 0.25) is 0 Å². The van der Waals surface area contributed by atoms with Gasteiger partial charge in [0.1, 0.15) is 23.0 Å². The Morgan fingerprint density at radius 2 is 0.512 bits per heavy atom. The molecule has 10 heteroatoms. The number of rotatable bonds is 2. The van der Waals surface area contributed by atoms with Crippen LogP contribution in [0.25, 0.3) is 0 Å². The van der Waals surface area contributed by atoms with E-state index in [-0.39, 0.29) is 26.9 Å². The maximum atomic E-state index is 7.65. The molecule has 8 aliphatic rings. The van der Waals surface area contributed by atoms with Gasteiger partial charge < -0.3 is 29.1 Å². The van der Waals surface area contributed by atoms with Gasteiger partial charge in [-0.25, -0.2) is 0 Å². The molecule has 8 heterocycles. The Bertz CT molecular complexity index is 4480. The first-order valence-electron chi connectivity index (χ1n) is 29.0. The van der Waals surface area contributed by atoms with Crippen LogP contribution in [-0.4, -0.2) is 26.9 Å². The molecular weight excluding hydrogens is 996 g/mol. The van der Waals surface area contributed by atoms with Crippen molar-refractivity contribution in [1.82, 2.24) is 0 Å². The van der Waals surface area contributed by atoms with E-state index in [1.54, 1.807) is 0 Å². The fraction of sp³-hybridized carbons (Fsp3) is 0.0833. The highest BCUT2D eigenvalue weighted by Gasteiger charge is 2.54. The van der Waals surface area contributed by atoms with Crippen molar-refractivity contribution in [3.8, 4) is 23.0 Å². The molecule has 0 unspecified atom stereocenters. The lowest BCUT2D eigenvalue weighted by molar-refractivity contribution is 0.466. The van der Waals surface area contributed by atoms with Crippen LogP contribution in [0.5, 0.6) is 23.0 Å². The van der Waals surface area contributed by atoms with Crippen LogP contribution >= 0.6 is 0 Å². The highest BCUT2D eigenvalue weighted by atomic mass is 16.5. The quantitative estimate of drug-likeness (QED) is 0.161. The standard InChI is InChI=1S/C72H50B4N4O2/c1-39-31-41(3)69(42(4)32-39)79-57-29-17-9-21-47(57)73-45-19-7-13-25-53(45)77-55-27-15-11-23-49(55)75-51-35-52-62(38-61(51)81-63-36-59(79)65(73)71(77)67(63)75)82-64-37-60-66-72-68(64)76(52)50-24-12-16-28-56(50)78(72)54-26-14-8-20-46(54)74(66)48-22-10-18-30-58(48)80(60)70-43(5)33-40(2)34-44(70)6/h7-38H,1-6H3. The predicted molar refractivity (Wildman–Crippen MR) is 345 cm³/mol. The molecule has 0 saturated carbocycles. The molecule has 0 spiro atoms. The van der Waals surface area contributed by atoms with Crippen molar-refractivity contribution in [3.05, 3.63) is 228 Å². The van der Waals surface area contributed by atoms with Crippen LogP contribution in [0, 0.1) is 41.5 Å². The van der Waals surface area contributed by atoms with E-state index < -0.39 is 0 Å². The Balaban J connectivity index is 0.882. The van der Waals surface area contributed by atoms with Crippen LogP contribution in [0.15, 0.2) is 194 Å². The minimum absolute atomic E-state index is 0.00211. The molecule has 382 valence electrons. The second kappa shape index (κ2) is 15.7. The number of hydrogen-bond donors (Lipinski definition) is 0. The summed E-state index contributed by atoms with van der Waals surface area (Å²) in [5.41, 5.74) is 37.1. The first-order valence-corrected chi connectivity index (χ1v) is 29.0. The zero-order valence-corrected chi connectivity index (χ0v) is 46.4. The van der Waals surface area contributed by atoms with Crippen LogP contribution in [0.1, 0.15) is 33.4 Å². The Hall–Kier alpha value is -9.52. The van der Waals surface area contributed by atoms with E-state index in [1.807, 2.05) is 0 Å². The molecule has 8 aliphatic heterocycles. The molecule has 11 aromatic carbocycles. The third kappa shape index (κ3) is 5.51. The molecule has 11 aromatic rings. The lowest BCUT2D eigenvalue weighted by Gasteiger charge is -2.50. The van der Waals surface area contributed by atoms with Crippen LogP contribution in [-0.2, 0) is 0 Å². The van der Waals surface area contributed by atoms with Gasteiger partial charge in [-0.3, -0.25) is 0 Å². The summed E-state index contributed by atoms with van der Waals surface area (Å²) in [7, 11) is 0. The van der Waals surface area contributed by atoms with Gasteiger partial charge in [0.05, 0.1) is 11.4 Å². The first kappa shape index (κ1) is 45.2. The third-order valence-electron chi connectivity index (χ3n) is 19.6. The van der Waals surface area contributed by atoms with E-state index >= 15 is 0 Å². The summed E-state index contributed by atoms with van der Waals surface area (Å²) in [6, 6.07) is 73.6. The summed E-state index contributed by atoms with van der Waals surface area (Å²) < 4.78 is 15.3. The molecule has 0 fully saturated rings. The second-order valence-electron chi connectivity index (χ2n) is 24.2. The van der Waals surface area contributed by atoms with Crippen molar-refractivity contribution >= 4 is 161 Å². The Kier molecular flexibility index (Phi) is 8.65. The molecule has 0 N–H and O–H groups in total. The zero-order valence-electron chi connectivity index (χ0n) is 46.4. The molecule has 19 rings (SSSR count). The molecule has 0 amide bonds. The van der Waals surface area contributed by atoms with E-state index in [0.717, 1.165) is 45.3 Å². The molecule has 6 nitrogen and oxygen atoms in total. The van der Waals surface area contributed by atoms with E-state index in [2.05, 4.69) is 255 Å². The van der Waals surface area contributed by atoms with E-state index in [9.17, 15) is 0 Å². The molecule has 0 saturated heterocycles. The number of ether oxygens (including phenoxy) is 2. The normalized spacial score (nSPS) is 14.7. The van der Waals surface area contributed by atoms with Gasteiger partial charge in [0, 0.05) is 75.1 Å². The number of fused-ring (bicyclic) bond motifs is 20. The molecule has 0 radical (unpaired) electrons. The van der Waals surface area contributed by atoms with Gasteiger partial charge in [-0.1, -0.05) is 151 Å². The molecule has 0 bridgehead atoms. The maximum absolute atomic E-state index is 7.65. The number of anilines is 12. The van der Waals surface area contributed by atoms with Gasteiger partial charge in [0.25, 0.3) is 26.9 Å². The largest absolute Gasteiger partial charge is 0.458 e. The van der Waals surface area contributed by atoms with Gasteiger partial charge in [0.15, 0.2) is 0 Å². The Labute approximate surface area is 479 Å². The van der Waals surface area contributed by atoms with Gasteiger partial charge in [-0.05, 0) is 166 Å². The monoisotopic (exact) mass is 1050 g/mol. The fourth-order valence-corrected chi connectivity index (χ4v) is 17.0. The van der Waals surface area contributed by atoms with Gasteiger partial charge >= 0.3 is 0 Å². The average Bonchev–Trinajstić information content (AvgIpc) is 0.889. The summed E-state index contributed by atoms with van der Waals surface area (Å²) in [5, 5.41) is 0. The maximum Gasteiger partial charge on any atom is 0.256 e. The molecular formula is C72H50B4N4O2. The predicted octanol–water partition coefficient (Wildman–Crippen LogP) is 9.57. The average molecular weight is 1050 g/mol. The van der Waals surface area contributed by atoms with E-state index in [4.69, 9.17) is 9.47 Å². The highest BCUT2D eigenvalue weighted by molar-refractivity contribution is 7.06. The van der Waals surface area contributed by atoms with Crippen molar-refractivity contribution in [3.63, 3.8) is 0 Å². The lowest BCUT2D eigenvalue weighted by atomic mass is 9.27. The van der Waals surface area contributed by atoms with Crippen molar-refractivity contribution in [2.45, 2.75) is 41.5 Å². The first-order chi connectivity index (χ1) is 40.2. The van der Waals surface area contributed by atoms with Crippen LogP contribution < -0.4 is 94.6 Å². The van der Waals surface area contributed by atoms with Gasteiger partial charge in [-0.2, -0.15) is 0 Å². The van der Waals surface area contributed by atoms with E-state index in [0.29, 0.717) is 0 Å². The van der Waals surface area contributed by atoms with Crippen LogP contribution in [0.3, 0.4) is 0 Å². The molecule has 0 atom stereocenters. The summed E-state index contributed by atoms with van der Waals surface area (Å²) in [4.78, 5) is 10.3. The topological polar surface area (TPSA) is 31.4 Å². The molecule has 0 aromatic heterocycles. The fourth-order valence-electron chi connectivity index (χ4n) is 17.0. The summed E-state index contributed by atoms with van der Waals surface area (Å²) in [6.07, 6.45) is 0. The molecule has 82 heavy (non-hydrogen) atoms. The van der Waals surface area contributed by atoms with Gasteiger partial charge in [0.2, 0.25) is 0 Å². The third-order valence-corrected chi connectivity index (χ3v) is 19.6. The van der Waals surface area contributed by atoms with Crippen molar-refractivity contribution in [2.75, 3.05) is 19.6 Å². The Morgan fingerprint density at radius 3 is 0.817 bits per heavy atom. The highest BCUT2D eigenvalue weighted by Crippen LogP contribution is 2.52. The van der Waals surface area contributed by atoms with Crippen LogP contribution in [0.4, 0.5) is 68.2 Å². The zero-order chi connectivity index (χ0) is 54.3. The van der Waals surface area contributed by atoms with Crippen molar-refractivity contribution in [1.29, 1.82) is 0 Å². The smallest absolute Gasteiger partial charge is 0.256 e. The van der Waals surface area contributed by atoms with E-state index in [1.165, 1.54) is 145 Å². The number of benzene rings is 11.